The van der Waals surface area contributed by atoms with Crippen LogP contribution in [0.5, 0.6) is 0 Å². The third kappa shape index (κ3) is 5.80. The standard InChI is InChI=1S/C12H18N2.C3H9Si/c13-9-10-2-1-3-12(8-10)11-4-6-14-7-5-11;1-4(2)3/h1-3,8,11,14H,4-7,9,13H2;1-3H3. The molecule has 18 heavy (non-hydrogen) atoms. The van der Waals surface area contributed by atoms with E-state index in [0.29, 0.717) is 6.54 Å². The Kier molecular flexibility index (Phi) is 7.24. The monoisotopic (exact) mass is 263 g/mol. The molecule has 1 saturated heterocycles. The SMILES string of the molecule is C[Si](C)C.NCc1cccc(C2CCNCC2)c1. The Balaban J connectivity index is 0.000000357. The quantitative estimate of drug-likeness (QED) is 0.805. The van der Waals surface area contributed by atoms with Crippen molar-refractivity contribution < 1.29 is 0 Å². The van der Waals surface area contributed by atoms with Gasteiger partial charge in [0.15, 0.2) is 0 Å². The number of hydrogen-bond donors (Lipinski definition) is 2. The molecule has 0 saturated carbocycles. The molecule has 3 N–H and O–H groups in total. The molecule has 1 aromatic carbocycles. The summed E-state index contributed by atoms with van der Waals surface area (Å²) < 4.78 is 0. The fourth-order valence-electron chi connectivity index (χ4n) is 2.13. The highest BCUT2D eigenvalue weighted by Gasteiger charge is 2.14. The summed E-state index contributed by atoms with van der Waals surface area (Å²) in [6, 6.07) is 8.72. The first-order chi connectivity index (χ1) is 8.63. The lowest BCUT2D eigenvalue weighted by molar-refractivity contribution is 0.460. The van der Waals surface area contributed by atoms with Gasteiger partial charge in [-0.25, -0.2) is 0 Å². The number of piperidine rings is 1. The zero-order valence-corrected chi connectivity index (χ0v) is 13.0. The van der Waals surface area contributed by atoms with Gasteiger partial charge in [0, 0.05) is 15.3 Å². The summed E-state index contributed by atoms with van der Waals surface area (Å²) in [4.78, 5) is 0. The lowest BCUT2D eigenvalue weighted by Gasteiger charge is -2.23. The Morgan fingerprint density at radius 3 is 2.39 bits per heavy atom. The highest BCUT2D eigenvalue weighted by Crippen LogP contribution is 2.25. The third-order valence-corrected chi connectivity index (χ3v) is 3.00. The Bertz CT molecular complexity index is 330. The van der Waals surface area contributed by atoms with Crippen LogP contribution in [-0.4, -0.2) is 21.9 Å². The summed E-state index contributed by atoms with van der Waals surface area (Å²) in [6.07, 6.45) is 2.52. The zero-order chi connectivity index (χ0) is 13.4. The van der Waals surface area contributed by atoms with Crippen LogP contribution in [0, 0.1) is 0 Å². The van der Waals surface area contributed by atoms with Crippen LogP contribution >= 0.6 is 0 Å². The number of hydrogen-bond acceptors (Lipinski definition) is 2. The molecule has 2 rings (SSSR count). The Labute approximate surface area is 114 Å². The predicted octanol–water partition coefficient (Wildman–Crippen LogP) is 2.98. The van der Waals surface area contributed by atoms with Crippen LogP contribution in [0.1, 0.15) is 29.9 Å². The fraction of sp³-hybridized carbons (Fsp3) is 0.600. The molecule has 1 aliphatic heterocycles. The molecule has 1 aromatic rings. The maximum Gasteiger partial charge on any atom is 0.0379 e. The summed E-state index contributed by atoms with van der Waals surface area (Å²) in [5, 5.41) is 3.39. The van der Waals surface area contributed by atoms with Crippen molar-refractivity contribution in [1.82, 2.24) is 5.32 Å². The molecular weight excluding hydrogens is 236 g/mol. The van der Waals surface area contributed by atoms with Gasteiger partial charge in [-0.1, -0.05) is 43.9 Å². The largest absolute Gasteiger partial charge is 0.326 e. The molecule has 0 spiro atoms. The van der Waals surface area contributed by atoms with Crippen molar-refractivity contribution in [2.24, 2.45) is 5.73 Å². The molecule has 1 radical (unpaired) electrons. The first-order valence-electron chi connectivity index (χ1n) is 6.90. The van der Waals surface area contributed by atoms with Gasteiger partial charge in [0.2, 0.25) is 0 Å². The second-order valence-corrected chi connectivity index (χ2v) is 8.47. The van der Waals surface area contributed by atoms with E-state index in [0.717, 1.165) is 19.0 Å². The van der Waals surface area contributed by atoms with Gasteiger partial charge in [0.25, 0.3) is 0 Å². The van der Waals surface area contributed by atoms with Crippen molar-refractivity contribution in [3.63, 3.8) is 0 Å². The maximum absolute atomic E-state index is 5.64. The molecule has 0 atom stereocenters. The molecule has 0 aromatic heterocycles. The van der Waals surface area contributed by atoms with Gasteiger partial charge in [0.05, 0.1) is 0 Å². The van der Waals surface area contributed by atoms with Crippen LogP contribution in [0.3, 0.4) is 0 Å². The van der Waals surface area contributed by atoms with Gasteiger partial charge in [-0.3, -0.25) is 0 Å². The average Bonchev–Trinajstić information content (AvgIpc) is 2.39. The van der Waals surface area contributed by atoms with Gasteiger partial charge < -0.3 is 11.1 Å². The highest BCUT2D eigenvalue weighted by atomic mass is 28.3. The van der Waals surface area contributed by atoms with Crippen LogP contribution < -0.4 is 11.1 Å². The molecule has 1 heterocycles. The van der Waals surface area contributed by atoms with Crippen LogP contribution in [0.15, 0.2) is 24.3 Å². The summed E-state index contributed by atoms with van der Waals surface area (Å²) in [5.74, 6) is 0.739. The second kappa shape index (κ2) is 8.46. The molecule has 3 heteroatoms. The third-order valence-electron chi connectivity index (χ3n) is 3.00. The number of rotatable bonds is 2. The molecule has 0 amide bonds. The van der Waals surface area contributed by atoms with Gasteiger partial charge >= 0.3 is 0 Å². The van der Waals surface area contributed by atoms with Crippen LogP contribution in [0.2, 0.25) is 19.6 Å². The van der Waals surface area contributed by atoms with Gasteiger partial charge in [-0.15, -0.1) is 0 Å². The van der Waals surface area contributed by atoms with E-state index in [-0.39, 0.29) is 8.80 Å². The van der Waals surface area contributed by atoms with E-state index in [1.807, 2.05) is 0 Å². The average molecular weight is 263 g/mol. The van der Waals surface area contributed by atoms with Crippen molar-refractivity contribution in [2.45, 2.75) is 44.9 Å². The molecule has 0 bridgehead atoms. The summed E-state index contributed by atoms with van der Waals surface area (Å²) in [7, 11) is 0.120. The predicted molar refractivity (Wildman–Crippen MR) is 82.5 cm³/mol. The van der Waals surface area contributed by atoms with E-state index in [1.165, 1.54) is 24.0 Å². The Morgan fingerprint density at radius 1 is 1.22 bits per heavy atom. The first kappa shape index (κ1) is 15.4. The molecule has 1 aliphatic rings. The van der Waals surface area contributed by atoms with Crippen LogP contribution in [-0.2, 0) is 6.54 Å². The van der Waals surface area contributed by atoms with Crippen molar-refractivity contribution in [2.75, 3.05) is 13.1 Å². The zero-order valence-electron chi connectivity index (χ0n) is 12.0. The normalized spacial score (nSPS) is 16.3. The second-order valence-electron chi connectivity index (χ2n) is 5.47. The van der Waals surface area contributed by atoms with Crippen LogP contribution in [0.4, 0.5) is 0 Å². The maximum atomic E-state index is 5.64. The number of nitrogens with two attached hydrogens (primary N) is 1. The van der Waals surface area contributed by atoms with Gasteiger partial charge in [-0.05, 0) is 43.0 Å². The topological polar surface area (TPSA) is 38.0 Å². The molecule has 0 unspecified atom stereocenters. The van der Waals surface area contributed by atoms with Crippen molar-refractivity contribution in [3.05, 3.63) is 35.4 Å². The number of nitrogens with one attached hydrogen (secondary N) is 1. The van der Waals surface area contributed by atoms with E-state index < -0.39 is 0 Å². The molecule has 101 valence electrons. The van der Waals surface area contributed by atoms with Crippen molar-refractivity contribution in [3.8, 4) is 0 Å². The summed E-state index contributed by atoms with van der Waals surface area (Å²) >= 11 is 0. The van der Waals surface area contributed by atoms with E-state index in [9.17, 15) is 0 Å². The number of benzene rings is 1. The smallest absolute Gasteiger partial charge is 0.0379 e. The van der Waals surface area contributed by atoms with E-state index in [2.05, 4.69) is 49.2 Å². The molecule has 1 fully saturated rings. The molecule has 2 nitrogen and oxygen atoms in total. The van der Waals surface area contributed by atoms with E-state index >= 15 is 0 Å². The highest BCUT2D eigenvalue weighted by molar-refractivity contribution is 6.54. The Hall–Kier alpha value is -0.643. The molecular formula is C15H27N2Si. The van der Waals surface area contributed by atoms with Gasteiger partial charge in [0.1, 0.15) is 0 Å². The fourth-order valence-corrected chi connectivity index (χ4v) is 2.13. The van der Waals surface area contributed by atoms with Gasteiger partial charge in [-0.2, -0.15) is 0 Å². The lowest BCUT2D eigenvalue weighted by Crippen LogP contribution is -2.26. The van der Waals surface area contributed by atoms with E-state index in [1.54, 1.807) is 0 Å². The van der Waals surface area contributed by atoms with Crippen molar-refractivity contribution >= 4 is 8.80 Å². The summed E-state index contributed by atoms with van der Waals surface area (Å²) in [6.45, 7) is 9.76. The van der Waals surface area contributed by atoms with Crippen LogP contribution in [0.25, 0.3) is 0 Å². The Morgan fingerprint density at radius 2 is 1.83 bits per heavy atom. The minimum atomic E-state index is 0.120. The lowest BCUT2D eigenvalue weighted by atomic mass is 9.89. The first-order valence-corrected chi connectivity index (χ1v) is 9.90. The minimum Gasteiger partial charge on any atom is -0.326 e. The van der Waals surface area contributed by atoms with Crippen molar-refractivity contribution in [1.29, 1.82) is 0 Å². The summed E-state index contributed by atoms with van der Waals surface area (Å²) in [5.41, 5.74) is 8.35. The minimum absolute atomic E-state index is 0.120. The molecule has 0 aliphatic carbocycles. The van der Waals surface area contributed by atoms with E-state index in [4.69, 9.17) is 5.73 Å².